The largest absolute Gasteiger partial charge is 0.389 e. The van der Waals surface area contributed by atoms with Crippen molar-refractivity contribution in [2.75, 3.05) is 0 Å². The summed E-state index contributed by atoms with van der Waals surface area (Å²) in [7, 11) is 0. The van der Waals surface area contributed by atoms with Crippen molar-refractivity contribution in [1.82, 2.24) is 0 Å². The van der Waals surface area contributed by atoms with Gasteiger partial charge in [-0.1, -0.05) is 18.3 Å². The maximum atomic E-state index is 11.1. The summed E-state index contributed by atoms with van der Waals surface area (Å²) in [5, 5.41) is 0. The highest BCUT2D eigenvalue weighted by Gasteiger charge is 2.29. The molecular weight excluding hydrogens is 202 g/mol. The molecule has 1 aromatic rings. The van der Waals surface area contributed by atoms with E-state index in [1.807, 2.05) is 0 Å². The number of hydrogen-bond acceptors (Lipinski definition) is 4. The van der Waals surface area contributed by atoms with Crippen LogP contribution in [0.15, 0.2) is 18.2 Å². The van der Waals surface area contributed by atoms with Crippen LogP contribution in [0.3, 0.4) is 0 Å². The van der Waals surface area contributed by atoms with E-state index in [1.165, 1.54) is 12.1 Å². The average molecular weight is 207 g/mol. The zero-order valence-electron chi connectivity index (χ0n) is 6.94. The Bertz CT molecular complexity index is 467. The molecule has 2 N–H and O–H groups in total. The number of ether oxygens (including phenoxy) is 1. The third kappa shape index (κ3) is 1.18. The lowest BCUT2D eigenvalue weighted by atomic mass is 10.1. The van der Waals surface area contributed by atoms with E-state index >= 15 is 0 Å². The predicted molar refractivity (Wildman–Crippen MR) is 52.1 cm³/mol. The molecule has 0 aliphatic carbocycles. The monoisotopic (exact) mass is 207 g/mol. The molecule has 0 atom stereocenters. The summed E-state index contributed by atoms with van der Waals surface area (Å²) in [5.41, 5.74) is 6.41. The fraction of sp³-hybridized carbons (Fsp3) is 0. The molecule has 0 saturated carbocycles. The first-order valence-corrected chi connectivity index (χ1v) is 4.21. The second-order valence-corrected chi connectivity index (χ2v) is 3.24. The molecule has 0 radical (unpaired) electrons. The van der Waals surface area contributed by atoms with E-state index in [0.717, 1.165) is 0 Å². The van der Waals surface area contributed by atoms with Gasteiger partial charge in [-0.15, -0.1) is 0 Å². The summed E-state index contributed by atoms with van der Waals surface area (Å²) in [6.45, 7) is 0. The zero-order chi connectivity index (χ0) is 10.3. The van der Waals surface area contributed by atoms with Crippen LogP contribution in [-0.2, 0) is 4.74 Å². The second kappa shape index (κ2) is 2.88. The van der Waals surface area contributed by atoms with Crippen LogP contribution in [0, 0.1) is 0 Å². The average Bonchev–Trinajstić information content (AvgIpc) is 2.42. The molecule has 2 rings (SSSR count). The molecule has 5 heteroatoms. The molecule has 70 valence electrons. The molecule has 0 unspecified atom stereocenters. The van der Waals surface area contributed by atoms with E-state index in [2.05, 4.69) is 4.74 Å². The number of thiocarbonyl (C=S) groups is 1. The first-order chi connectivity index (χ1) is 6.59. The number of cyclic esters (lactones) is 2. The Morgan fingerprint density at radius 1 is 1.21 bits per heavy atom. The fourth-order valence-corrected chi connectivity index (χ4v) is 1.37. The van der Waals surface area contributed by atoms with Gasteiger partial charge in [0, 0.05) is 5.56 Å². The lowest BCUT2D eigenvalue weighted by Gasteiger charge is -1.98. The van der Waals surface area contributed by atoms with Gasteiger partial charge in [0.05, 0.1) is 11.1 Å². The first kappa shape index (κ1) is 8.83. The zero-order valence-corrected chi connectivity index (χ0v) is 7.76. The second-order valence-electron chi connectivity index (χ2n) is 2.80. The minimum atomic E-state index is -0.650. The number of hydrogen-bond donors (Lipinski definition) is 1. The standard InChI is InChI=1S/C9H5NO3S/c10-7(14)4-1-2-5-6(3-4)9(12)13-8(5)11/h1-3H,(H2,10,14). The Hall–Kier alpha value is -1.75. The van der Waals surface area contributed by atoms with E-state index in [9.17, 15) is 9.59 Å². The third-order valence-corrected chi connectivity index (χ3v) is 2.17. The minimum absolute atomic E-state index is 0.181. The number of carbonyl (C=O) groups is 2. The number of carbonyl (C=O) groups excluding carboxylic acids is 2. The number of benzene rings is 1. The van der Waals surface area contributed by atoms with E-state index in [0.29, 0.717) is 5.56 Å². The molecule has 1 aliphatic heterocycles. The summed E-state index contributed by atoms with van der Waals surface area (Å²) < 4.78 is 4.40. The molecule has 1 aromatic carbocycles. The van der Waals surface area contributed by atoms with E-state index in [1.54, 1.807) is 6.07 Å². The normalized spacial score (nSPS) is 13.7. The lowest BCUT2D eigenvalue weighted by Crippen LogP contribution is -2.10. The molecule has 0 bridgehead atoms. The van der Waals surface area contributed by atoms with Gasteiger partial charge in [0.1, 0.15) is 4.99 Å². The van der Waals surface area contributed by atoms with Gasteiger partial charge in [-0.05, 0) is 12.1 Å². The van der Waals surface area contributed by atoms with Crippen LogP contribution in [0.1, 0.15) is 26.3 Å². The maximum Gasteiger partial charge on any atom is 0.346 e. The molecule has 0 saturated heterocycles. The molecule has 0 aromatic heterocycles. The van der Waals surface area contributed by atoms with Crippen molar-refractivity contribution in [3.05, 3.63) is 34.9 Å². The first-order valence-electron chi connectivity index (χ1n) is 3.80. The van der Waals surface area contributed by atoms with Gasteiger partial charge in [-0.3, -0.25) is 0 Å². The number of esters is 2. The van der Waals surface area contributed by atoms with Crippen LogP contribution >= 0.6 is 12.2 Å². The van der Waals surface area contributed by atoms with Crippen molar-refractivity contribution >= 4 is 29.1 Å². The van der Waals surface area contributed by atoms with Gasteiger partial charge in [0.15, 0.2) is 0 Å². The van der Waals surface area contributed by atoms with Gasteiger partial charge in [0.2, 0.25) is 0 Å². The minimum Gasteiger partial charge on any atom is -0.389 e. The Balaban J connectivity index is 2.61. The van der Waals surface area contributed by atoms with Crippen LogP contribution < -0.4 is 5.73 Å². The van der Waals surface area contributed by atoms with Crippen molar-refractivity contribution in [3.8, 4) is 0 Å². The molecule has 1 heterocycles. The smallest absolute Gasteiger partial charge is 0.346 e. The Morgan fingerprint density at radius 3 is 2.50 bits per heavy atom. The molecule has 0 fully saturated rings. The van der Waals surface area contributed by atoms with Crippen molar-refractivity contribution in [1.29, 1.82) is 0 Å². The van der Waals surface area contributed by atoms with Crippen molar-refractivity contribution in [2.24, 2.45) is 5.73 Å². The predicted octanol–water partition coefficient (Wildman–Crippen LogP) is 0.631. The molecule has 0 amide bonds. The van der Waals surface area contributed by atoms with Crippen LogP contribution in [0.4, 0.5) is 0 Å². The van der Waals surface area contributed by atoms with Crippen LogP contribution in [0.2, 0.25) is 0 Å². The Kier molecular flexibility index (Phi) is 1.82. The molecule has 0 spiro atoms. The highest BCUT2D eigenvalue weighted by molar-refractivity contribution is 7.80. The maximum absolute atomic E-state index is 11.1. The summed E-state index contributed by atoms with van der Waals surface area (Å²) in [6.07, 6.45) is 0. The number of rotatable bonds is 1. The summed E-state index contributed by atoms with van der Waals surface area (Å²) in [5.74, 6) is -1.28. The molecule has 14 heavy (non-hydrogen) atoms. The van der Waals surface area contributed by atoms with Gasteiger partial charge in [-0.2, -0.15) is 0 Å². The van der Waals surface area contributed by atoms with Crippen LogP contribution in [-0.4, -0.2) is 16.9 Å². The summed E-state index contributed by atoms with van der Waals surface area (Å²) in [4.78, 5) is 22.4. The quantitative estimate of drug-likeness (QED) is 0.415. The van der Waals surface area contributed by atoms with Gasteiger partial charge < -0.3 is 10.5 Å². The molecular formula is C9H5NO3S. The molecule has 1 aliphatic rings. The number of nitrogens with two attached hydrogens (primary N) is 1. The van der Waals surface area contributed by atoms with E-state index in [4.69, 9.17) is 18.0 Å². The van der Waals surface area contributed by atoms with Crippen LogP contribution in [0.5, 0.6) is 0 Å². The summed E-state index contributed by atoms with van der Waals surface area (Å²) >= 11 is 4.74. The van der Waals surface area contributed by atoms with E-state index < -0.39 is 11.9 Å². The number of fused-ring (bicyclic) bond motifs is 1. The highest BCUT2D eigenvalue weighted by atomic mass is 32.1. The van der Waals surface area contributed by atoms with Crippen molar-refractivity contribution in [2.45, 2.75) is 0 Å². The molecule has 4 nitrogen and oxygen atoms in total. The fourth-order valence-electron chi connectivity index (χ4n) is 1.24. The SMILES string of the molecule is NC(=S)c1ccc2c(c1)C(=O)OC2=O. The van der Waals surface area contributed by atoms with E-state index in [-0.39, 0.29) is 16.1 Å². The van der Waals surface area contributed by atoms with Crippen molar-refractivity contribution < 1.29 is 14.3 Å². The van der Waals surface area contributed by atoms with Gasteiger partial charge in [-0.25, -0.2) is 9.59 Å². The van der Waals surface area contributed by atoms with Crippen molar-refractivity contribution in [3.63, 3.8) is 0 Å². The summed E-state index contributed by atoms with van der Waals surface area (Å²) in [6, 6.07) is 4.53. The van der Waals surface area contributed by atoms with Crippen LogP contribution in [0.25, 0.3) is 0 Å². The van der Waals surface area contributed by atoms with Gasteiger partial charge >= 0.3 is 11.9 Å². The topological polar surface area (TPSA) is 69.4 Å². The lowest BCUT2D eigenvalue weighted by molar-refractivity contribution is 0.0444. The Morgan fingerprint density at radius 2 is 1.86 bits per heavy atom. The third-order valence-electron chi connectivity index (χ3n) is 1.93. The van der Waals surface area contributed by atoms with Gasteiger partial charge in [0.25, 0.3) is 0 Å². The Labute approximate surface area is 84.7 Å². The highest BCUT2D eigenvalue weighted by Crippen LogP contribution is 2.20.